The summed E-state index contributed by atoms with van der Waals surface area (Å²) < 4.78 is 17.4. The lowest BCUT2D eigenvalue weighted by atomic mass is 9.78. The van der Waals surface area contributed by atoms with E-state index in [0.29, 0.717) is 22.1 Å². The van der Waals surface area contributed by atoms with Crippen molar-refractivity contribution < 1.29 is 23.5 Å². The number of ether oxygens (including phenoxy) is 2. The predicted octanol–water partition coefficient (Wildman–Crippen LogP) is 8.33. The zero-order valence-corrected chi connectivity index (χ0v) is 24.9. The molecule has 2 heterocycles. The van der Waals surface area contributed by atoms with Gasteiger partial charge in [-0.25, -0.2) is 4.79 Å². The number of fused-ring (bicyclic) bond motifs is 1. The van der Waals surface area contributed by atoms with Crippen LogP contribution in [0.2, 0.25) is 0 Å². The molecule has 0 saturated carbocycles. The smallest absolute Gasteiger partial charge is 0.341 e. The highest BCUT2D eigenvalue weighted by molar-refractivity contribution is 7.17. The van der Waals surface area contributed by atoms with Gasteiger partial charge < -0.3 is 19.2 Å². The van der Waals surface area contributed by atoms with Crippen molar-refractivity contribution in [3.8, 4) is 5.75 Å². The Balaban J connectivity index is 1.23. The molecule has 41 heavy (non-hydrogen) atoms. The molecule has 0 spiro atoms. The van der Waals surface area contributed by atoms with E-state index in [1.807, 2.05) is 32.0 Å². The highest BCUT2D eigenvalue weighted by atomic mass is 32.1. The van der Waals surface area contributed by atoms with E-state index in [9.17, 15) is 9.59 Å². The van der Waals surface area contributed by atoms with E-state index in [1.165, 1.54) is 22.5 Å². The van der Waals surface area contributed by atoms with E-state index in [4.69, 9.17) is 13.9 Å². The van der Waals surface area contributed by atoms with Crippen molar-refractivity contribution in [2.45, 2.75) is 77.9 Å². The van der Waals surface area contributed by atoms with Crippen LogP contribution in [0, 0.1) is 0 Å². The fraction of sp³-hybridized carbons (Fsp3) is 0.353. The number of furan rings is 1. The van der Waals surface area contributed by atoms with Gasteiger partial charge in [-0.3, -0.25) is 4.79 Å². The van der Waals surface area contributed by atoms with Crippen LogP contribution in [0.1, 0.15) is 95.2 Å². The SMILES string of the molecule is CCC(C)OC(=O)c1c(NC(=O)c2ccc(COc3ccc(C(C)(C)c4ccccc4)cc3)o2)sc2c1CCCC2. The molecule has 0 radical (unpaired) electrons. The van der Waals surface area contributed by atoms with Crippen LogP contribution in [-0.4, -0.2) is 18.0 Å². The van der Waals surface area contributed by atoms with Crippen LogP contribution < -0.4 is 10.1 Å². The maximum Gasteiger partial charge on any atom is 0.341 e. The minimum Gasteiger partial charge on any atom is -0.486 e. The van der Waals surface area contributed by atoms with Crippen molar-refractivity contribution in [3.05, 3.63) is 105 Å². The number of nitrogens with one attached hydrogen (secondary N) is 1. The van der Waals surface area contributed by atoms with Crippen LogP contribution in [0.3, 0.4) is 0 Å². The van der Waals surface area contributed by atoms with Crippen LogP contribution in [0.25, 0.3) is 0 Å². The fourth-order valence-electron chi connectivity index (χ4n) is 5.08. The number of rotatable bonds is 10. The normalized spacial score (nSPS) is 13.8. The molecule has 0 bridgehead atoms. The van der Waals surface area contributed by atoms with E-state index < -0.39 is 5.91 Å². The number of esters is 1. The zero-order valence-electron chi connectivity index (χ0n) is 24.1. The second kappa shape index (κ2) is 12.4. The van der Waals surface area contributed by atoms with Crippen LogP contribution >= 0.6 is 11.3 Å². The first-order chi connectivity index (χ1) is 19.8. The molecule has 1 unspecified atom stereocenters. The summed E-state index contributed by atoms with van der Waals surface area (Å²) in [7, 11) is 0. The van der Waals surface area contributed by atoms with Crippen molar-refractivity contribution in [1.29, 1.82) is 0 Å². The van der Waals surface area contributed by atoms with Crippen molar-refractivity contribution in [1.82, 2.24) is 0 Å². The molecular formula is C34H37NO5S. The Morgan fingerprint density at radius 3 is 2.41 bits per heavy atom. The zero-order chi connectivity index (χ0) is 29.0. The third kappa shape index (κ3) is 6.41. The molecule has 0 fully saturated rings. The lowest BCUT2D eigenvalue weighted by Gasteiger charge is -2.26. The number of aryl methyl sites for hydroxylation is 1. The van der Waals surface area contributed by atoms with Gasteiger partial charge in [-0.2, -0.15) is 0 Å². The summed E-state index contributed by atoms with van der Waals surface area (Å²) in [6.07, 6.45) is 4.37. The molecule has 2 aromatic heterocycles. The maximum atomic E-state index is 13.1. The summed E-state index contributed by atoms with van der Waals surface area (Å²) in [4.78, 5) is 27.3. The fourth-order valence-corrected chi connectivity index (χ4v) is 6.35. The molecule has 214 valence electrons. The molecule has 4 aromatic rings. The molecule has 1 atom stereocenters. The first kappa shape index (κ1) is 28.7. The lowest BCUT2D eigenvalue weighted by molar-refractivity contribution is 0.0335. The van der Waals surface area contributed by atoms with Crippen LogP contribution in [-0.2, 0) is 29.6 Å². The average Bonchev–Trinajstić information content (AvgIpc) is 3.61. The summed E-state index contributed by atoms with van der Waals surface area (Å²) in [5, 5.41) is 3.45. The van der Waals surface area contributed by atoms with E-state index in [2.05, 4.69) is 55.6 Å². The van der Waals surface area contributed by atoms with Crippen molar-refractivity contribution >= 4 is 28.2 Å². The van der Waals surface area contributed by atoms with E-state index in [0.717, 1.165) is 42.5 Å². The number of amides is 1. The van der Waals surface area contributed by atoms with Crippen LogP contribution in [0.5, 0.6) is 5.75 Å². The first-order valence-electron chi connectivity index (χ1n) is 14.3. The molecular weight excluding hydrogens is 534 g/mol. The maximum absolute atomic E-state index is 13.1. The number of carbonyl (C=O) groups excluding carboxylic acids is 2. The Labute approximate surface area is 245 Å². The third-order valence-corrected chi connectivity index (χ3v) is 9.03. The van der Waals surface area contributed by atoms with Gasteiger partial charge in [-0.15, -0.1) is 11.3 Å². The summed E-state index contributed by atoms with van der Waals surface area (Å²) in [6.45, 7) is 8.45. The highest BCUT2D eigenvalue weighted by Crippen LogP contribution is 2.39. The van der Waals surface area contributed by atoms with E-state index in [-0.39, 0.29) is 29.9 Å². The highest BCUT2D eigenvalue weighted by Gasteiger charge is 2.29. The van der Waals surface area contributed by atoms with Gasteiger partial charge in [0.2, 0.25) is 0 Å². The first-order valence-corrected chi connectivity index (χ1v) is 15.1. The van der Waals surface area contributed by atoms with Gasteiger partial charge in [-0.1, -0.05) is 63.2 Å². The molecule has 5 rings (SSSR count). The van der Waals surface area contributed by atoms with Crippen molar-refractivity contribution in [3.63, 3.8) is 0 Å². The number of thiophene rings is 1. The van der Waals surface area contributed by atoms with E-state index >= 15 is 0 Å². The molecule has 0 saturated heterocycles. The quantitative estimate of drug-likeness (QED) is 0.194. The lowest BCUT2D eigenvalue weighted by Crippen LogP contribution is -2.18. The second-order valence-corrected chi connectivity index (χ2v) is 12.2. The third-order valence-electron chi connectivity index (χ3n) is 7.82. The standard InChI is InChI=1S/C34H37NO5S/c1-5-22(2)39-33(37)30-27-13-9-10-14-29(27)41-32(30)35-31(36)28-20-19-26(40-28)21-38-25-17-15-24(16-18-25)34(3,4)23-11-7-6-8-12-23/h6-8,11-12,15-20,22H,5,9-10,13-14,21H2,1-4H3,(H,35,36). The monoisotopic (exact) mass is 571 g/mol. The molecule has 0 aliphatic heterocycles. The number of hydrogen-bond donors (Lipinski definition) is 1. The van der Waals surface area contributed by atoms with E-state index in [1.54, 1.807) is 12.1 Å². The van der Waals surface area contributed by atoms with Crippen molar-refractivity contribution in [2.24, 2.45) is 0 Å². The number of anilines is 1. The van der Waals surface area contributed by atoms with Crippen LogP contribution in [0.4, 0.5) is 5.00 Å². The molecule has 2 aromatic carbocycles. The summed E-state index contributed by atoms with van der Waals surface area (Å²) in [6, 6.07) is 21.8. The Morgan fingerprint density at radius 2 is 1.68 bits per heavy atom. The topological polar surface area (TPSA) is 77.8 Å². The minimum atomic E-state index is -0.403. The molecule has 6 nitrogen and oxygen atoms in total. The molecule has 1 amide bonds. The van der Waals surface area contributed by atoms with Crippen molar-refractivity contribution in [2.75, 3.05) is 5.32 Å². The molecule has 1 N–H and O–H groups in total. The summed E-state index contributed by atoms with van der Waals surface area (Å²) in [5.74, 6) is 0.635. The predicted molar refractivity (Wildman–Crippen MR) is 162 cm³/mol. The summed E-state index contributed by atoms with van der Waals surface area (Å²) >= 11 is 1.46. The Bertz CT molecular complexity index is 1500. The van der Waals surface area contributed by atoms with Gasteiger partial charge in [0.05, 0.1) is 11.7 Å². The number of benzene rings is 2. The summed E-state index contributed by atoms with van der Waals surface area (Å²) in [5.41, 5.74) is 3.81. The largest absolute Gasteiger partial charge is 0.486 e. The van der Waals surface area contributed by atoms with Gasteiger partial charge in [-0.05, 0) is 80.0 Å². The van der Waals surface area contributed by atoms with Gasteiger partial charge in [0.15, 0.2) is 5.76 Å². The number of carbonyl (C=O) groups is 2. The van der Waals surface area contributed by atoms with Gasteiger partial charge >= 0.3 is 5.97 Å². The number of hydrogen-bond acceptors (Lipinski definition) is 6. The van der Waals surface area contributed by atoms with Crippen LogP contribution in [0.15, 0.2) is 71.1 Å². The Morgan fingerprint density at radius 1 is 0.976 bits per heavy atom. The van der Waals surface area contributed by atoms with Gasteiger partial charge in [0.25, 0.3) is 5.91 Å². The minimum absolute atomic E-state index is 0.129. The second-order valence-electron chi connectivity index (χ2n) is 11.1. The Hall–Kier alpha value is -3.84. The molecule has 7 heteroatoms. The van der Waals surface area contributed by atoms with Gasteiger partial charge in [0, 0.05) is 10.3 Å². The molecule has 1 aliphatic carbocycles. The average molecular weight is 572 g/mol. The Kier molecular flexibility index (Phi) is 8.64. The van der Waals surface area contributed by atoms with Gasteiger partial charge in [0.1, 0.15) is 23.1 Å². The molecule has 1 aliphatic rings.